The van der Waals surface area contributed by atoms with E-state index in [9.17, 15) is 0 Å². The first-order valence-electron chi connectivity index (χ1n) is 38.4. The van der Waals surface area contributed by atoms with Gasteiger partial charge in [-0.05, 0) is 273 Å². The molecule has 0 saturated heterocycles. The molecule has 0 saturated carbocycles. The van der Waals surface area contributed by atoms with Gasteiger partial charge in [-0.1, -0.05) is 370 Å². The fourth-order valence-electron chi connectivity index (χ4n) is 19.7. The van der Waals surface area contributed by atoms with Crippen LogP contribution in [0, 0.1) is 0 Å². The number of benzene rings is 20. The summed E-state index contributed by atoms with van der Waals surface area (Å²) in [5.74, 6) is 0. The van der Waals surface area contributed by atoms with Crippen molar-refractivity contribution in [2.45, 2.75) is 0 Å². The van der Waals surface area contributed by atoms with Crippen LogP contribution in [-0.4, -0.2) is 0 Å². The maximum absolute atomic E-state index is 2.55. The molecule has 0 heterocycles. The average molecular weight is 1390 g/mol. The molecular weight excluding hydrogens is 1320 g/mol. The number of hydrogen-bond acceptors (Lipinski definition) is 0. The molecule has 0 aliphatic heterocycles. The smallest absolute Gasteiger partial charge is 0.000718 e. The van der Waals surface area contributed by atoms with Crippen molar-refractivity contribution in [1.29, 1.82) is 0 Å². The molecule has 0 aromatic heterocycles. The molecule has 0 nitrogen and oxygen atoms in total. The van der Waals surface area contributed by atoms with E-state index in [4.69, 9.17) is 0 Å². The Bertz CT molecular complexity index is 7020. The van der Waals surface area contributed by atoms with Gasteiger partial charge in [0, 0.05) is 0 Å². The standard InChI is InChI=1S/C110H66/c1-9-32-67(33-10-1)95-86-51-27-28-52-87(86)98(70-38-15-4-16-39-70)110-93-66-77(62-75-48-29-55-88(94(75)93)105(95)110)76-63-78(80-58-60-91-103-82(80)53-30-56-89(103)106-96(68-34-11-2-12-35-68)84-49-25-26-50-85(84)97(107(91)106)69-36-13-3-14-37-69)65-79(64-76)81-59-61-92-104-83(81)54-31-57-90(104)108-101(73-44-21-7-22-45-73)99(71-40-17-5-18-41-71)100(72-42-19-6-20-43-72)102(109(92)108)74-46-23-8-24-47-74/h1-66H. The zero-order chi connectivity index (χ0) is 72.1. The van der Waals surface area contributed by atoms with Crippen molar-refractivity contribution < 1.29 is 0 Å². The molecule has 0 unspecified atom stereocenters. The minimum absolute atomic E-state index is 1.15. The van der Waals surface area contributed by atoms with Gasteiger partial charge in [0.25, 0.3) is 0 Å². The zero-order valence-electron chi connectivity index (χ0n) is 60.1. The van der Waals surface area contributed by atoms with Crippen LogP contribution in [-0.2, 0) is 0 Å². The van der Waals surface area contributed by atoms with Gasteiger partial charge in [-0.25, -0.2) is 0 Å². The monoisotopic (exact) mass is 1390 g/mol. The minimum Gasteiger partial charge on any atom is -0.0622 e. The topological polar surface area (TPSA) is 0 Å². The second-order valence-corrected chi connectivity index (χ2v) is 29.8. The summed E-state index contributed by atoms with van der Waals surface area (Å²) < 4.78 is 0. The van der Waals surface area contributed by atoms with Crippen LogP contribution in [0.25, 0.3) is 243 Å². The van der Waals surface area contributed by atoms with Crippen molar-refractivity contribution in [2.24, 2.45) is 0 Å². The first-order chi connectivity index (χ1) is 54.7. The van der Waals surface area contributed by atoms with Crippen LogP contribution in [0.4, 0.5) is 0 Å². The molecule has 0 radical (unpaired) electrons. The van der Waals surface area contributed by atoms with Gasteiger partial charge in [-0.2, -0.15) is 0 Å². The van der Waals surface area contributed by atoms with E-state index in [0.29, 0.717) is 0 Å². The van der Waals surface area contributed by atoms with Gasteiger partial charge < -0.3 is 0 Å². The fraction of sp³-hybridized carbons (Fsp3) is 0. The molecule has 20 aromatic rings. The molecule has 3 aliphatic rings. The Morgan fingerprint density at radius 1 is 0.100 bits per heavy atom. The lowest BCUT2D eigenvalue weighted by Crippen LogP contribution is -1.99. The summed E-state index contributed by atoms with van der Waals surface area (Å²) in [7, 11) is 0. The molecule has 0 atom stereocenters. The van der Waals surface area contributed by atoms with Crippen LogP contribution in [0.3, 0.4) is 0 Å². The third-order valence-electron chi connectivity index (χ3n) is 24.0. The van der Waals surface area contributed by atoms with Gasteiger partial charge in [-0.3, -0.25) is 0 Å². The van der Waals surface area contributed by atoms with Gasteiger partial charge in [0.1, 0.15) is 0 Å². The molecule has 0 N–H and O–H groups in total. The lowest BCUT2D eigenvalue weighted by molar-refractivity contribution is 1.54. The summed E-state index contributed by atoms with van der Waals surface area (Å²) in [4.78, 5) is 0. The van der Waals surface area contributed by atoms with Crippen LogP contribution in [0.1, 0.15) is 0 Å². The van der Waals surface area contributed by atoms with Crippen LogP contribution in [0.2, 0.25) is 0 Å². The van der Waals surface area contributed by atoms with E-state index in [-0.39, 0.29) is 0 Å². The summed E-state index contributed by atoms with van der Waals surface area (Å²) in [5.41, 5.74) is 41.8. The molecule has 0 bridgehead atoms. The number of fused-ring (bicyclic) bond motifs is 11. The van der Waals surface area contributed by atoms with Crippen LogP contribution in [0.15, 0.2) is 400 Å². The molecule has 20 aromatic carbocycles. The predicted octanol–water partition coefficient (Wildman–Crippen LogP) is 30.7. The van der Waals surface area contributed by atoms with Gasteiger partial charge in [0.15, 0.2) is 0 Å². The van der Waals surface area contributed by atoms with E-state index in [2.05, 4.69) is 400 Å². The Kier molecular flexibility index (Phi) is 13.9. The van der Waals surface area contributed by atoms with E-state index in [0.717, 1.165) is 16.7 Å². The summed E-state index contributed by atoms with van der Waals surface area (Å²) >= 11 is 0. The van der Waals surface area contributed by atoms with Crippen LogP contribution in [0.5, 0.6) is 0 Å². The van der Waals surface area contributed by atoms with Crippen LogP contribution >= 0.6 is 0 Å². The quantitative estimate of drug-likeness (QED) is 0.121. The highest BCUT2D eigenvalue weighted by Gasteiger charge is 2.37. The van der Waals surface area contributed by atoms with Gasteiger partial charge in [0.05, 0.1) is 0 Å². The van der Waals surface area contributed by atoms with E-state index in [1.807, 2.05) is 0 Å². The van der Waals surface area contributed by atoms with E-state index in [1.165, 1.54) is 226 Å². The first kappa shape index (κ1) is 62.0. The maximum Gasteiger partial charge on any atom is -0.000718 e. The highest BCUT2D eigenvalue weighted by molar-refractivity contribution is 6.32. The highest BCUT2D eigenvalue weighted by Crippen LogP contribution is 2.64. The lowest BCUT2D eigenvalue weighted by Gasteiger charge is -2.26. The van der Waals surface area contributed by atoms with Gasteiger partial charge >= 0.3 is 0 Å². The van der Waals surface area contributed by atoms with Crippen LogP contribution < -0.4 is 0 Å². The minimum atomic E-state index is 1.15. The summed E-state index contributed by atoms with van der Waals surface area (Å²) in [6.07, 6.45) is 0. The Labute approximate surface area is 639 Å². The number of rotatable bonds is 11. The van der Waals surface area contributed by atoms with Crippen molar-refractivity contribution in [1.82, 2.24) is 0 Å². The molecule has 110 heavy (non-hydrogen) atoms. The maximum atomic E-state index is 2.55. The number of hydrogen-bond donors (Lipinski definition) is 0. The van der Waals surface area contributed by atoms with Gasteiger partial charge in [0.2, 0.25) is 0 Å². The average Bonchev–Trinajstić information content (AvgIpc) is 1.53. The normalized spacial score (nSPS) is 12.0. The summed E-state index contributed by atoms with van der Waals surface area (Å²) in [6.45, 7) is 0. The molecule has 506 valence electrons. The highest BCUT2D eigenvalue weighted by atomic mass is 14.4. The van der Waals surface area contributed by atoms with E-state index < -0.39 is 0 Å². The fourth-order valence-corrected chi connectivity index (χ4v) is 19.7. The molecule has 0 fully saturated rings. The molecule has 0 spiro atoms. The largest absolute Gasteiger partial charge is 0.0622 e. The van der Waals surface area contributed by atoms with E-state index in [1.54, 1.807) is 0 Å². The third kappa shape index (κ3) is 9.21. The predicted molar refractivity (Wildman–Crippen MR) is 467 cm³/mol. The second-order valence-electron chi connectivity index (χ2n) is 29.8. The molecule has 3 aliphatic carbocycles. The molecular formula is C110H66. The second kappa shape index (κ2) is 24.6. The first-order valence-corrected chi connectivity index (χ1v) is 38.4. The Hall–Kier alpha value is -14.3. The molecule has 23 rings (SSSR count). The van der Waals surface area contributed by atoms with Crippen molar-refractivity contribution >= 4 is 53.9 Å². The van der Waals surface area contributed by atoms with E-state index >= 15 is 0 Å². The van der Waals surface area contributed by atoms with Crippen molar-refractivity contribution in [3.63, 3.8) is 0 Å². The van der Waals surface area contributed by atoms with Crippen molar-refractivity contribution in [3.8, 4) is 189 Å². The zero-order valence-corrected chi connectivity index (χ0v) is 60.1. The third-order valence-corrected chi connectivity index (χ3v) is 24.0. The Balaban J connectivity index is 0.815. The Morgan fingerprint density at radius 2 is 0.327 bits per heavy atom. The Morgan fingerprint density at radius 3 is 0.664 bits per heavy atom. The van der Waals surface area contributed by atoms with Crippen molar-refractivity contribution in [3.05, 3.63) is 400 Å². The van der Waals surface area contributed by atoms with Gasteiger partial charge in [-0.15, -0.1) is 0 Å². The molecule has 0 heteroatoms. The summed E-state index contributed by atoms with van der Waals surface area (Å²) in [5, 5.41) is 12.5. The molecule has 0 amide bonds. The SMILES string of the molecule is c1ccc(-c2c(-c3ccccc3)c(-c3ccccc3)c3c(c2-c2ccccc2)-c2cccc4c(-c5cc(-c6cc7c8c(cccc8c6)-c6c-7c(-c7ccccc7)c7ccccc7c6-c6ccccc6)cc(-c6ccc7c8c(cccc68)-c6c-7c(-c7ccccc7)c7ccccc7c6-c6ccccc6)c5)ccc-3c24)cc1. The lowest BCUT2D eigenvalue weighted by atomic mass is 9.76. The summed E-state index contributed by atoms with van der Waals surface area (Å²) in [6, 6.07) is 151. The van der Waals surface area contributed by atoms with Crippen molar-refractivity contribution in [2.75, 3.05) is 0 Å².